The molecular formula is C26H44O3. The number of carbonyl (C=O) groups is 1. The summed E-state index contributed by atoms with van der Waals surface area (Å²) in [4.78, 5) is 11.6. The summed E-state index contributed by atoms with van der Waals surface area (Å²) in [7, 11) is 0. The van der Waals surface area contributed by atoms with Crippen molar-refractivity contribution in [3.8, 4) is 0 Å². The minimum Gasteiger partial charge on any atom is -0.466 e. The molecule has 0 radical (unpaired) electrons. The van der Waals surface area contributed by atoms with Crippen LogP contribution in [0.5, 0.6) is 0 Å². The normalized spacial score (nSPS) is 12.4. The summed E-state index contributed by atoms with van der Waals surface area (Å²) in [5.41, 5.74) is 0. The Bertz CT molecular complexity index is 472. The molecule has 0 aliphatic heterocycles. The summed E-state index contributed by atoms with van der Waals surface area (Å²) in [5, 5.41) is 0. The maximum Gasteiger partial charge on any atom is 0.305 e. The maximum atomic E-state index is 11.6. The van der Waals surface area contributed by atoms with E-state index >= 15 is 0 Å². The van der Waals surface area contributed by atoms with E-state index < -0.39 is 0 Å². The molecule has 0 aliphatic carbocycles. The molecular weight excluding hydrogens is 360 g/mol. The maximum absolute atomic E-state index is 11.6. The van der Waals surface area contributed by atoms with Gasteiger partial charge in [0.25, 0.3) is 0 Å². The third-order valence-corrected chi connectivity index (χ3v) is 4.21. The number of unbranched alkanes of at least 4 members (excludes halogenated alkanes) is 4. The van der Waals surface area contributed by atoms with E-state index in [0.717, 1.165) is 38.5 Å². The molecule has 0 fully saturated rings. The second-order valence-electron chi connectivity index (χ2n) is 7.47. The molecule has 0 rings (SSSR count). The first-order chi connectivity index (χ1) is 14.2. The van der Waals surface area contributed by atoms with E-state index in [2.05, 4.69) is 55.5 Å². The minimum absolute atomic E-state index is 0.106. The summed E-state index contributed by atoms with van der Waals surface area (Å²) in [6.07, 6.45) is 29.1. The Kier molecular flexibility index (Phi) is 21.4. The van der Waals surface area contributed by atoms with Crippen molar-refractivity contribution in [2.24, 2.45) is 0 Å². The smallest absolute Gasteiger partial charge is 0.305 e. The van der Waals surface area contributed by atoms with Crippen LogP contribution < -0.4 is 0 Å². The third-order valence-electron chi connectivity index (χ3n) is 4.21. The van der Waals surface area contributed by atoms with Gasteiger partial charge in [0.1, 0.15) is 0 Å². The van der Waals surface area contributed by atoms with E-state index in [1.807, 2.05) is 13.8 Å². The third kappa shape index (κ3) is 24.4. The quantitative estimate of drug-likeness (QED) is 0.127. The van der Waals surface area contributed by atoms with Crippen LogP contribution in [0.25, 0.3) is 0 Å². The van der Waals surface area contributed by atoms with Crippen LogP contribution in [-0.2, 0) is 14.3 Å². The van der Waals surface area contributed by atoms with Gasteiger partial charge in [0.15, 0.2) is 0 Å². The fourth-order valence-corrected chi connectivity index (χ4v) is 2.56. The predicted molar refractivity (Wildman–Crippen MR) is 125 cm³/mol. The van der Waals surface area contributed by atoms with E-state index in [0.29, 0.717) is 19.6 Å². The predicted octanol–water partition coefficient (Wildman–Crippen LogP) is 7.49. The minimum atomic E-state index is -0.106. The number of hydrogen-bond donors (Lipinski definition) is 0. The van der Waals surface area contributed by atoms with Gasteiger partial charge in [0, 0.05) is 12.8 Å². The van der Waals surface area contributed by atoms with Gasteiger partial charge in [-0.15, -0.1) is 0 Å². The molecule has 0 amide bonds. The van der Waals surface area contributed by atoms with E-state index in [1.165, 1.54) is 25.7 Å². The molecule has 3 heteroatoms. The number of carbonyl (C=O) groups excluding carboxylic acids is 1. The molecule has 0 bridgehead atoms. The highest BCUT2D eigenvalue weighted by molar-refractivity contribution is 5.69. The Labute approximate surface area is 179 Å². The highest BCUT2D eigenvalue weighted by Gasteiger charge is 2.01. The molecule has 0 aliphatic rings. The van der Waals surface area contributed by atoms with Crippen LogP contribution >= 0.6 is 0 Å². The van der Waals surface area contributed by atoms with E-state index in [-0.39, 0.29) is 12.1 Å². The van der Waals surface area contributed by atoms with Crippen LogP contribution in [0.4, 0.5) is 0 Å². The molecule has 0 aromatic rings. The molecule has 0 saturated carbocycles. The molecule has 166 valence electrons. The highest BCUT2D eigenvalue weighted by atomic mass is 16.5. The van der Waals surface area contributed by atoms with Crippen molar-refractivity contribution in [2.45, 2.75) is 97.5 Å². The monoisotopic (exact) mass is 404 g/mol. The first-order valence-electron chi connectivity index (χ1n) is 11.5. The molecule has 0 N–H and O–H groups in total. The van der Waals surface area contributed by atoms with Gasteiger partial charge in [-0.3, -0.25) is 4.79 Å². The molecule has 3 nitrogen and oxygen atoms in total. The van der Waals surface area contributed by atoms with Crippen molar-refractivity contribution in [1.82, 2.24) is 0 Å². The number of rotatable bonds is 19. The van der Waals surface area contributed by atoms with Gasteiger partial charge in [0.05, 0.1) is 19.3 Å². The largest absolute Gasteiger partial charge is 0.466 e. The Hall–Kier alpha value is -1.61. The van der Waals surface area contributed by atoms with Crippen LogP contribution in [0.15, 0.2) is 48.6 Å². The Morgan fingerprint density at radius 1 is 0.724 bits per heavy atom. The zero-order valence-electron chi connectivity index (χ0n) is 19.1. The second-order valence-corrected chi connectivity index (χ2v) is 7.47. The standard InChI is InChI=1S/C26H44O3/c1-4-5-6-7-8-9-10-11-12-13-14-15-16-17-18-19-20-22-26(27)29-24-21-23-28-25(2)3/h8-9,11-12,14-15,17-18,25H,4-7,10,13,16,19-24H2,1-3H3/b9-8-,12-11-,15-14-,18-17-. The molecule has 0 saturated heterocycles. The van der Waals surface area contributed by atoms with E-state index in [9.17, 15) is 4.79 Å². The van der Waals surface area contributed by atoms with Gasteiger partial charge >= 0.3 is 5.97 Å². The first-order valence-corrected chi connectivity index (χ1v) is 11.5. The average molecular weight is 405 g/mol. The SMILES string of the molecule is CCCCC/C=C\C/C=C\C/C=C\C/C=C\CCCC(=O)OCCCOC(C)C. The fraction of sp³-hybridized carbons (Fsp3) is 0.654. The van der Waals surface area contributed by atoms with Gasteiger partial charge in [-0.1, -0.05) is 68.4 Å². The molecule has 29 heavy (non-hydrogen) atoms. The van der Waals surface area contributed by atoms with Gasteiger partial charge in [-0.2, -0.15) is 0 Å². The summed E-state index contributed by atoms with van der Waals surface area (Å²) >= 11 is 0. The lowest BCUT2D eigenvalue weighted by Crippen LogP contribution is -2.10. The van der Waals surface area contributed by atoms with Crippen molar-refractivity contribution < 1.29 is 14.3 Å². The van der Waals surface area contributed by atoms with Gasteiger partial charge in [-0.05, 0) is 58.8 Å². The molecule has 0 aromatic carbocycles. The zero-order chi connectivity index (χ0) is 21.4. The topological polar surface area (TPSA) is 35.5 Å². The molecule has 0 aromatic heterocycles. The van der Waals surface area contributed by atoms with Crippen LogP contribution in [-0.4, -0.2) is 25.3 Å². The molecule has 0 heterocycles. The lowest BCUT2D eigenvalue weighted by Gasteiger charge is -2.07. The first kappa shape index (κ1) is 27.4. The van der Waals surface area contributed by atoms with Gasteiger partial charge < -0.3 is 9.47 Å². The number of esters is 1. The lowest BCUT2D eigenvalue weighted by molar-refractivity contribution is -0.144. The van der Waals surface area contributed by atoms with Crippen molar-refractivity contribution >= 4 is 5.97 Å². The lowest BCUT2D eigenvalue weighted by atomic mass is 10.2. The van der Waals surface area contributed by atoms with Gasteiger partial charge in [-0.25, -0.2) is 0 Å². The van der Waals surface area contributed by atoms with Crippen LogP contribution in [0, 0.1) is 0 Å². The van der Waals surface area contributed by atoms with E-state index in [4.69, 9.17) is 9.47 Å². The van der Waals surface area contributed by atoms with Crippen LogP contribution in [0.1, 0.15) is 91.4 Å². The summed E-state index contributed by atoms with van der Waals surface area (Å²) in [6.45, 7) is 7.34. The Morgan fingerprint density at radius 3 is 1.83 bits per heavy atom. The van der Waals surface area contributed by atoms with Crippen molar-refractivity contribution in [3.63, 3.8) is 0 Å². The Balaban J connectivity index is 3.46. The van der Waals surface area contributed by atoms with Crippen molar-refractivity contribution in [2.75, 3.05) is 13.2 Å². The zero-order valence-corrected chi connectivity index (χ0v) is 19.1. The van der Waals surface area contributed by atoms with Crippen molar-refractivity contribution in [3.05, 3.63) is 48.6 Å². The number of ether oxygens (including phenoxy) is 2. The van der Waals surface area contributed by atoms with Crippen LogP contribution in [0.3, 0.4) is 0 Å². The summed E-state index contributed by atoms with van der Waals surface area (Å²) in [6, 6.07) is 0. The van der Waals surface area contributed by atoms with Crippen molar-refractivity contribution in [1.29, 1.82) is 0 Å². The van der Waals surface area contributed by atoms with E-state index in [1.54, 1.807) is 0 Å². The summed E-state index contributed by atoms with van der Waals surface area (Å²) in [5.74, 6) is -0.106. The number of allylic oxidation sites excluding steroid dienone is 8. The fourth-order valence-electron chi connectivity index (χ4n) is 2.56. The second kappa shape index (κ2) is 22.7. The highest BCUT2D eigenvalue weighted by Crippen LogP contribution is 2.02. The van der Waals surface area contributed by atoms with Crippen LogP contribution in [0.2, 0.25) is 0 Å². The number of hydrogen-bond acceptors (Lipinski definition) is 3. The molecule has 0 unspecified atom stereocenters. The molecule has 0 atom stereocenters. The summed E-state index contributed by atoms with van der Waals surface area (Å²) < 4.78 is 10.6. The average Bonchev–Trinajstić information content (AvgIpc) is 2.69. The Morgan fingerprint density at radius 2 is 1.28 bits per heavy atom. The molecule has 0 spiro atoms. The van der Waals surface area contributed by atoms with Gasteiger partial charge in [0.2, 0.25) is 0 Å².